The lowest BCUT2D eigenvalue weighted by Crippen LogP contribution is -2.14. The highest BCUT2D eigenvalue weighted by atomic mass is 16.5. The third-order valence-electron chi connectivity index (χ3n) is 2.92. The van der Waals surface area contributed by atoms with E-state index in [9.17, 15) is 0 Å². The molecule has 0 bridgehead atoms. The van der Waals surface area contributed by atoms with Gasteiger partial charge in [0.2, 0.25) is 0 Å². The fourth-order valence-corrected chi connectivity index (χ4v) is 1.84. The molecule has 1 rings (SSSR count). The summed E-state index contributed by atoms with van der Waals surface area (Å²) in [5, 5.41) is 3.44. The Kier molecular flexibility index (Phi) is 6.97. The molecule has 0 amide bonds. The molecule has 0 atom stereocenters. The van der Waals surface area contributed by atoms with Gasteiger partial charge in [0.25, 0.3) is 0 Å². The maximum atomic E-state index is 5.51. The summed E-state index contributed by atoms with van der Waals surface area (Å²) in [5.41, 5.74) is 2.75. The standard InChI is InChI=1S/C14H26N2O/c1-4-7-15-12-14-6-8-16(13(14)3)9-11-17-10-5-2/h6,8,15H,4-5,7,9-12H2,1-3H3. The molecule has 1 N–H and O–H groups in total. The minimum atomic E-state index is 0.811. The molecule has 1 heterocycles. The van der Waals surface area contributed by atoms with E-state index in [1.54, 1.807) is 0 Å². The van der Waals surface area contributed by atoms with Gasteiger partial charge in [0.05, 0.1) is 6.61 Å². The third-order valence-corrected chi connectivity index (χ3v) is 2.92. The van der Waals surface area contributed by atoms with Crippen LogP contribution in [0.25, 0.3) is 0 Å². The zero-order valence-corrected chi connectivity index (χ0v) is 11.5. The number of hydrogen-bond acceptors (Lipinski definition) is 2. The molecule has 17 heavy (non-hydrogen) atoms. The SMILES string of the molecule is CCCNCc1ccn(CCOCCC)c1C. The summed E-state index contributed by atoms with van der Waals surface area (Å²) < 4.78 is 7.79. The lowest BCUT2D eigenvalue weighted by molar-refractivity contribution is 0.126. The molecule has 0 aliphatic rings. The minimum absolute atomic E-state index is 0.811. The first-order valence-corrected chi connectivity index (χ1v) is 6.72. The highest BCUT2D eigenvalue weighted by molar-refractivity contribution is 5.20. The number of hydrogen-bond donors (Lipinski definition) is 1. The van der Waals surface area contributed by atoms with Crippen molar-refractivity contribution in [3.8, 4) is 0 Å². The van der Waals surface area contributed by atoms with Gasteiger partial charge in [-0.1, -0.05) is 13.8 Å². The third kappa shape index (κ3) is 4.92. The van der Waals surface area contributed by atoms with Crippen LogP contribution < -0.4 is 5.32 Å². The second kappa shape index (κ2) is 8.31. The van der Waals surface area contributed by atoms with Gasteiger partial charge in [-0.15, -0.1) is 0 Å². The predicted molar refractivity (Wildman–Crippen MR) is 72.3 cm³/mol. The minimum Gasteiger partial charge on any atom is -0.380 e. The molecule has 0 radical (unpaired) electrons. The molecule has 98 valence electrons. The van der Waals surface area contributed by atoms with Crippen LogP contribution in [0, 0.1) is 6.92 Å². The summed E-state index contributed by atoms with van der Waals surface area (Å²) in [7, 11) is 0. The summed E-state index contributed by atoms with van der Waals surface area (Å²) in [6.45, 7) is 11.2. The highest BCUT2D eigenvalue weighted by Gasteiger charge is 2.03. The predicted octanol–water partition coefficient (Wildman–Crippen LogP) is 2.72. The number of aromatic nitrogens is 1. The second-order valence-electron chi connectivity index (χ2n) is 4.41. The highest BCUT2D eigenvalue weighted by Crippen LogP contribution is 2.09. The number of nitrogens with one attached hydrogen (secondary N) is 1. The fraction of sp³-hybridized carbons (Fsp3) is 0.714. The first kappa shape index (κ1) is 14.3. The molecule has 0 aliphatic carbocycles. The summed E-state index contributed by atoms with van der Waals surface area (Å²) >= 11 is 0. The van der Waals surface area contributed by atoms with Crippen LogP contribution in [0.4, 0.5) is 0 Å². The van der Waals surface area contributed by atoms with Gasteiger partial charge in [-0.2, -0.15) is 0 Å². The smallest absolute Gasteiger partial charge is 0.0645 e. The topological polar surface area (TPSA) is 26.2 Å². The molecular weight excluding hydrogens is 212 g/mol. The van der Waals surface area contributed by atoms with Crippen LogP contribution in [-0.4, -0.2) is 24.3 Å². The van der Waals surface area contributed by atoms with Crippen molar-refractivity contribution in [2.24, 2.45) is 0 Å². The van der Waals surface area contributed by atoms with Crippen LogP contribution in [-0.2, 0) is 17.8 Å². The zero-order chi connectivity index (χ0) is 12.5. The average Bonchev–Trinajstić information content (AvgIpc) is 2.67. The van der Waals surface area contributed by atoms with Gasteiger partial charge >= 0.3 is 0 Å². The van der Waals surface area contributed by atoms with Crippen molar-refractivity contribution in [1.29, 1.82) is 0 Å². The van der Waals surface area contributed by atoms with Crippen LogP contribution in [0.3, 0.4) is 0 Å². The van der Waals surface area contributed by atoms with E-state index in [2.05, 4.69) is 42.9 Å². The van der Waals surface area contributed by atoms with Gasteiger partial charge in [0.1, 0.15) is 0 Å². The Balaban J connectivity index is 2.35. The summed E-state index contributed by atoms with van der Waals surface area (Å²) in [5.74, 6) is 0. The van der Waals surface area contributed by atoms with E-state index < -0.39 is 0 Å². The Morgan fingerprint density at radius 2 is 2.06 bits per heavy atom. The van der Waals surface area contributed by atoms with Crippen LogP contribution >= 0.6 is 0 Å². The molecule has 0 saturated carbocycles. The molecular formula is C14H26N2O. The van der Waals surface area contributed by atoms with Crippen molar-refractivity contribution >= 4 is 0 Å². The van der Waals surface area contributed by atoms with Crippen molar-refractivity contribution in [3.63, 3.8) is 0 Å². The van der Waals surface area contributed by atoms with E-state index in [-0.39, 0.29) is 0 Å². The molecule has 3 heteroatoms. The number of ether oxygens (including phenoxy) is 1. The first-order valence-electron chi connectivity index (χ1n) is 6.72. The fourth-order valence-electron chi connectivity index (χ4n) is 1.84. The van der Waals surface area contributed by atoms with E-state index in [0.717, 1.165) is 39.3 Å². The van der Waals surface area contributed by atoms with Crippen LogP contribution in [0.5, 0.6) is 0 Å². The van der Waals surface area contributed by atoms with Crippen molar-refractivity contribution in [1.82, 2.24) is 9.88 Å². The largest absolute Gasteiger partial charge is 0.380 e. The summed E-state index contributed by atoms with van der Waals surface area (Å²) in [6.07, 6.45) is 4.44. The summed E-state index contributed by atoms with van der Waals surface area (Å²) in [4.78, 5) is 0. The molecule has 0 aromatic carbocycles. The molecule has 0 spiro atoms. The van der Waals surface area contributed by atoms with Crippen molar-refractivity contribution in [3.05, 3.63) is 23.5 Å². The molecule has 3 nitrogen and oxygen atoms in total. The second-order valence-corrected chi connectivity index (χ2v) is 4.41. The average molecular weight is 238 g/mol. The van der Waals surface area contributed by atoms with E-state index in [1.807, 2.05) is 0 Å². The van der Waals surface area contributed by atoms with Gasteiger partial charge < -0.3 is 14.6 Å². The van der Waals surface area contributed by atoms with Gasteiger partial charge in [0.15, 0.2) is 0 Å². The molecule has 0 fully saturated rings. The molecule has 0 unspecified atom stereocenters. The van der Waals surface area contributed by atoms with Gasteiger partial charge in [0, 0.05) is 31.6 Å². The van der Waals surface area contributed by atoms with Gasteiger partial charge in [-0.3, -0.25) is 0 Å². The van der Waals surface area contributed by atoms with Gasteiger partial charge in [-0.25, -0.2) is 0 Å². The maximum Gasteiger partial charge on any atom is 0.0645 e. The number of nitrogens with zero attached hydrogens (tertiary/aromatic N) is 1. The van der Waals surface area contributed by atoms with E-state index in [1.165, 1.54) is 17.7 Å². The van der Waals surface area contributed by atoms with Crippen LogP contribution in [0.1, 0.15) is 37.9 Å². The van der Waals surface area contributed by atoms with Crippen molar-refractivity contribution in [2.45, 2.75) is 46.7 Å². The van der Waals surface area contributed by atoms with E-state index >= 15 is 0 Å². The summed E-state index contributed by atoms with van der Waals surface area (Å²) in [6, 6.07) is 2.21. The Morgan fingerprint density at radius 1 is 1.24 bits per heavy atom. The molecule has 0 aliphatic heterocycles. The molecule has 1 aromatic heterocycles. The number of rotatable bonds is 9. The Bertz CT molecular complexity index is 307. The van der Waals surface area contributed by atoms with Crippen LogP contribution in [0.15, 0.2) is 12.3 Å². The first-order chi connectivity index (χ1) is 8.29. The Hall–Kier alpha value is -0.800. The maximum absolute atomic E-state index is 5.51. The van der Waals surface area contributed by atoms with E-state index in [0.29, 0.717) is 0 Å². The van der Waals surface area contributed by atoms with Crippen LogP contribution in [0.2, 0.25) is 0 Å². The molecule has 1 aromatic rings. The lowest BCUT2D eigenvalue weighted by atomic mass is 10.2. The normalized spacial score (nSPS) is 11.0. The Morgan fingerprint density at radius 3 is 2.76 bits per heavy atom. The molecule has 0 saturated heterocycles. The van der Waals surface area contributed by atoms with E-state index in [4.69, 9.17) is 4.74 Å². The van der Waals surface area contributed by atoms with Gasteiger partial charge in [-0.05, 0) is 37.9 Å². The monoisotopic (exact) mass is 238 g/mol. The Labute approximate surface area is 105 Å². The zero-order valence-electron chi connectivity index (χ0n) is 11.5. The van der Waals surface area contributed by atoms with Crippen molar-refractivity contribution < 1.29 is 4.74 Å². The quantitative estimate of drug-likeness (QED) is 0.669. The lowest BCUT2D eigenvalue weighted by Gasteiger charge is -2.08. The van der Waals surface area contributed by atoms with Crippen molar-refractivity contribution in [2.75, 3.05) is 19.8 Å².